The van der Waals surface area contributed by atoms with E-state index in [4.69, 9.17) is 27.9 Å². The molecule has 1 amide bonds. The minimum atomic E-state index is -0.294. The van der Waals surface area contributed by atoms with E-state index in [-0.39, 0.29) is 11.1 Å². The number of amides is 1. The lowest BCUT2D eigenvalue weighted by molar-refractivity contribution is 0.0946. The van der Waals surface area contributed by atoms with Crippen LogP contribution in [0.5, 0.6) is 5.88 Å². The van der Waals surface area contributed by atoms with Gasteiger partial charge >= 0.3 is 0 Å². The highest BCUT2D eigenvalue weighted by Crippen LogP contribution is 2.21. The molecule has 7 heteroatoms. The van der Waals surface area contributed by atoms with Crippen molar-refractivity contribution in [2.45, 2.75) is 13.2 Å². The topological polar surface area (TPSA) is 67.0 Å². The van der Waals surface area contributed by atoms with Gasteiger partial charge in [0.05, 0.1) is 5.02 Å². The van der Waals surface area contributed by atoms with E-state index in [0.29, 0.717) is 29.7 Å². The lowest BCUT2D eigenvalue weighted by Crippen LogP contribution is -2.23. The Morgan fingerprint density at radius 1 is 1.12 bits per heavy atom. The van der Waals surface area contributed by atoms with Crippen LogP contribution >= 0.6 is 23.2 Å². The summed E-state index contributed by atoms with van der Waals surface area (Å²) >= 11 is 11.6. The number of nitrogens with zero attached hydrogens (tertiary/aromatic N) is 1. The van der Waals surface area contributed by atoms with Gasteiger partial charge in [0.25, 0.3) is 5.91 Å². The first-order valence-electron chi connectivity index (χ1n) is 7.55. The Morgan fingerprint density at radius 2 is 1.92 bits per heavy atom. The predicted octanol–water partition coefficient (Wildman–Crippen LogP) is 4.23. The first-order valence-corrected chi connectivity index (χ1v) is 8.31. The van der Waals surface area contributed by atoms with Gasteiger partial charge in [0.1, 0.15) is 17.5 Å². The smallest absolute Gasteiger partial charge is 0.268 e. The molecule has 2 heterocycles. The first-order chi connectivity index (χ1) is 12.1. The molecule has 25 heavy (non-hydrogen) atoms. The van der Waals surface area contributed by atoms with E-state index in [1.54, 1.807) is 12.3 Å². The normalized spacial score (nSPS) is 10.5. The molecular weight excluding hydrogens is 361 g/mol. The minimum absolute atomic E-state index is 0.243. The number of benzene rings is 1. The molecule has 5 nitrogen and oxygen atoms in total. The quantitative estimate of drug-likeness (QED) is 0.677. The zero-order valence-electron chi connectivity index (χ0n) is 13.1. The molecule has 0 aliphatic heterocycles. The second-order valence-corrected chi connectivity index (χ2v) is 6.09. The molecule has 3 aromatic rings. The minimum Gasteiger partial charge on any atom is -0.473 e. The van der Waals surface area contributed by atoms with Gasteiger partial charge in [0, 0.05) is 18.8 Å². The number of aromatic nitrogens is 2. The number of rotatable bonds is 6. The maximum atomic E-state index is 12.1. The molecule has 0 unspecified atom stereocenters. The standard InChI is InChI=1S/C18H15Cl2N3O2/c19-14-9-15(23-17(14)20)18(24)22-10-13-6-7-21-16(8-13)25-11-12-4-2-1-3-5-12/h1-9,23H,10-11H2,(H,22,24). The van der Waals surface area contributed by atoms with Crippen LogP contribution < -0.4 is 10.1 Å². The van der Waals surface area contributed by atoms with Crippen molar-refractivity contribution in [2.24, 2.45) is 0 Å². The van der Waals surface area contributed by atoms with E-state index in [9.17, 15) is 4.79 Å². The van der Waals surface area contributed by atoms with Gasteiger partial charge in [-0.05, 0) is 23.3 Å². The highest BCUT2D eigenvalue weighted by molar-refractivity contribution is 6.41. The molecule has 0 atom stereocenters. The van der Waals surface area contributed by atoms with Crippen LogP contribution in [0.25, 0.3) is 0 Å². The van der Waals surface area contributed by atoms with Crippen molar-refractivity contribution in [3.05, 3.63) is 81.7 Å². The summed E-state index contributed by atoms with van der Waals surface area (Å²) in [4.78, 5) is 19.0. The number of H-pyrrole nitrogens is 1. The SMILES string of the molecule is O=C(NCc1ccnc(OCc2ccccc2)c1)c1cc(Cl)c(Cl)[nH]1. The van der Waals surface area contributed by atoms with Crippen LogP contribution in [-0.4, -0.2) is 15.9 Å². The summed E-state index contributed by atoms with van der Waals surface area (Å²) in [5.41, 5.74) is 2.24. The number of carbonyl (C=O) groups is 1. The molecule has 128 valence electrons. The second kappa shape index (κ2) is 8.05. The maximum absolute atomic E-state index is 12.1. The van der Waals surface area contributed by atoms with Crippen LogP contribution in [0.1, 0.15) is 21.6 Å². The van der Waals surface area contributed by atoms with Gasteiger partial charge in [-0.25, -0.2) is 4.98 Å². The molecule has 1 aromatic carbocycles. The first kappa shape index (κ1) is 17.3. The van der Waals surface area contributed by atoms with Gasteiger partial charge in [-0.3, -0.25) is 4.79 Å². The van der Waals surface area contributed by atoms with Crippen molar-refractivity contribution >= 4 is 29.1 Å². The second-order valence-electron chi connectivity index (χ2n) is 5.30. The van der Waals surface area contributed by atoms with E-state index >= 15 is 0 Å². The van der Waals surface area contributed by atoms with Crippen molar-refractivity contribution < 1.29 is 9.53 Å². The molecule has 0 radical (unpaired) electrons. The van der Waals surface area contributed by atoms with E-state index in [1.807, 2.05) is 36.4 Å². The molecule has 0 spiro atoms. The highest BCUT2D eigenvalue weighted by Gasteiger charge is 2.11. The monoisotopic (exact) mass is 375 g/mol. The molecule has 3 rings (SSSR count). The summed E-state index contributed by atoms with van der Waals surface area (Å²) in [6, 6.07) is 14.9. The van der Waals surface area contributed by atoms with E-state index in [2.05, 4.69) is 15.3 Å². The zero-order chi connectivity index (χ0) is 17.6. The number of aromatic amines is 1. The Bertz CT molecular complexity index is 846. The Labute approximate surface area is 155 Å². The van der Waals surface area contributed by atoms with Gasteiger partial charge in [-0.1, -0.05) is 53.5 Å². The highest BCUT2D eigenvalue weighted by atomic mass is 35.5. The van der Waals surface area contributed by atoms with Crippen LogP contribution in [0.4, 0.5) is 0 Å². The predicted molar refractivity (Wildman–Crippen MR) is 97.0 cm³/mol. The summed E-state index contributed by atoms with van der Waals surface area (Å²) < 4.78 is 5.68. The van der Waals surface area contributed by atoms with Crippen LogP contribution in [-0.2, 0) is 13.2 Å². The molecular formula is C18H15Cl2N3O2. The van der Waals surface area contributed by atoms with Gasteiger partial charge in [-0.15, -0.1) is 0 Å². The average molecular weight is 376 g/mol. The third-order valence-electron chi connectivity index (χ3n) is 3.45. The summed E-state index contributed by atoms with van der Waals surface area (Å²) in [6.45, 7) is 0.764. The third kappa shape index (κ3) is 4.75. The molecule has 0 saturated heterocycles. The number of pyridine rings is 1. The zero-order valence-corrected chi connectivity index (χ0v) is 14.6. The van der Waals surface area contributed by atoms with Crippen LogP contribution in [0.2, 0.25) is 10.2 Å². The average Bonchev–Trinajstić information content (AvgIpc) is 2.98. The van der Waals surface area contributed by atoms with Gasteiger partial charge < -0.3 is 15.0 Å². The summed E-state index contributed by atoms with van der Waals surface area (Å²) in [5, 5.41) is 3.34. The van der Waals surface area contributed by atoms with Crippen molar-refractivity contribution in [1.82, 2.24) is 15.3 Å². The lowest BCUT2D eigenvalue weighted by atomic mass is 10.2. The fourth-order valence-corrected chi connectivity index (χ4v) is 2.49. The largest absolute Gasteiger partial charge is 0.473 e. The Hall–Kier alpha value is -2.50. The van der Waals surface area contributed by atoms with E-state index in [0.717, 1.165) is 11.1 Å². The summed E-state index contributed by atoms with van der Waals surface area (Å²) in [6.07, 6.45) is 1.64. The summed E-state index contributed by atoms with van der Waals surface area (Å²) in [5.74, 6) is 0.207. The fourth-order valence-electron chi connectivity index (χ4n) is 2.17. The molecule has 0 bridgehead atoms. The molecule has 2 N–H and O–H groups in total. The molecule has 0 aliphatic carbocycles. The number of carbonyl (C=O) groups excluding carboxylic acids is 1. The van der Waals surface area contributed by atoms with Gasteiger partial charge in [0.2, 0.25) is 5.88 Å². The number of hydrogen-bond donors (Lipinski definition) is 2. The Morgan fingerprint density at radius 3 is 2.64 bits per heavy atom. The van der Waals surface area contributed by atoms with Gasteiger partial charge in [0.15, 0.2) is 0 Å². The lowest BCUT2D eigenvalue weighted by Gasteiger charge is -2.08. The van der Waals surface area contributed by atoms with Gasteiger partial charge in [-0.2, -0.15) is 0 Å². The van der Waals surface area contributed by atoms with Crippen molar-refractivity contribution in [3.8, 4) is 5.88 Å². The summed E-state index contributed by atoms with van der Waals surface area (Å²) in [7, 11) is 0. The number of ether oxygens (including phenoxy) is 1. The van der Waals surface area contributed by atoms with Crippen LogP contribution in [0.15, 0.2) is 54.7 Å². The van der Waals surface area contributed by atoms with Crippen molar-refractivity contribution in [1.29, 1.82) is 0 Å². The fraction of sp³-hybridized carbons (Fsp3) is 0.111. The number of halogens is 2. The van der Waals surface area contributed by atoms with Crippen molar-refractivity contribution in [2.75, 3.05) is 0 Å². The van der Waals surface area contributed by atoms with Crippen LogP contribution in [0, 0.1) is 0 Å². The maximum Gasteiger partial charge on any atom is 0.268 e. The molecule has 0 saturated carbocycles. The third-order valence-corrected chi connectivity index (χ3v) is 4.14. The Balaban J connectivity index is 1.57. The molecule has 0 aliphatic rings. The van der Waals surface area contributed by atoms with E-state index in [1.165, 1.54) is 6.07 Å². The molecule has 2 aromatic heterocycles. The Kier molecular flexibility index (Phi) is 5.58. The van der Waals surface area contributed by atoms with E-state index < -0.39 is 0 Å². The van der Waals surface area contributed by atoms with Crippen molar-refractivity contribution in [3.63, 3.8) is 0 Å². The molecule has 0 fully saturated rings. The number of nitrogens with one attached hydrogen (secondary N) is 2. The van der Waals surface area contributed by atoms with Crippen LogP contribution in [0.3, 0.4) is 0 Å². The number of hydrogen-bond acceptors (Lipinski definition) is 3.